The van der Waals surface area contributed by atoms with Gasteiger partial charge in [-0.1, -0.05) is 33.6 Å². The Bertz CT molecular complexity index is 415. The Hall–Kier alpha value is 0.140. The lowest BCUT2D eigenvalue weighted by atomic mass is 9.71. The first-order valence-electron chi connectivity index (χ1n) is 8.53. The molecule has 1 N–H and O–H groups in total. The third-order valence-corrected chi connectivity index (χ3v) is 6.52. The van der Waals surface area contributed by atoms with E-state index < -0.39 is 0 Å². The average Bonchev–Trinajstić information content (AvgIpc) is 2.85. The molecule has 1 aliphatic rings. The lowest BCUT2D eigenvalue weighted by molar-refractivity contribution is 0.171. The minimum absolute atomic E-state index is 0.753. The molecule has 0 radical (unpaired) electrons. The predicted octanol–water partition coefficient (Wildman–Crippen LogP) is 5.74. The van der Waals surface area contributed by atoms with Crippen LogP contribution in [-0.4, -0.2) is 13.1 Å². The van der Waals surface area contributed by atoms with Gasteiger partial charge in [0, 0.05) is 4.88 Å². The Morgan fingerprint density at radius 3 is 2.71 bits per heavy atom. The second kappa shape index (κ2) is 8.69. The maximum Gasteiger partial charge on any atom is 0.0701 e. The van der Waals surface area contributed by atoms with Crippen molar-refractivity contribution in [3.05, 3.63) is 20.8 Å². The van der Waals surface area contributed by atoms with Gasteiger partial charge in [-0.25, -0.2) is 0 Å². The van der Waals surface area contributed by atoms with E-state index in [9.17, 15) is 0 Å². The molecule has 0 bridgehead atoms. The van der Waals surface area contributed by atoms with Crippen molar-refractivity contribution in [1.29, 1.82) is 0 Å². The molecule has 1 heterocycles. The Morgan fingerprint density at radius 1 is 1.29 bits per heavy atom. The predicted molar refractivity (Wildman–Crippen MR) is 98.0 cm³/mol. The summed E-state index contributed by atoms with van der Waals surface area (Å²) < 4.78 is 1.27. The summed E-state index contributed by atoms with van der Waals surface area (Å²) in [5.41, 5.74) is 0. The van der Waals surface area contributed by atoms with Crippen molar-refractivity contribution in [2.24, 2.45) is 23.7 Å². The van der Waals surface area contributed by atoms with Crippen molar-refractivity contribution in [3.63, 3.8) is 0 Å². The normalized spacial score (nSPS) is 26.4. The second-order valence-electron chi connectivity index (χ2n) is 7.07. The summed E-state index contributed by atoms with van der Waals surface area (Å²) in [6.45, 7) is 9.32. The number of halogens is 1. The smallest absolute Gasteiger partial charge is 0.0701 e. The summed E-state index contributed by atoms with van der Waals surface area (Å²) >= 11 is 5.52. The fourth-order valence-corrected chi connectivity index (χ4v) is 5.17. The molecule has 1 nitrogen and oxygen atoms in total. The zero-order valence-electron chi connectivity index (χ0n) is 13.7. The van der Waals surface area contributed by atoms with Crippen molar-refractivity contribution in [1.82, 2.24) is 5.32 Å². The standard InChI is InChI=1S/C18H30BrNS/c1-4-14-5-6-15(12-20-11-13(2)3)16(9-14)10-17-7-8-18(19)21-17/h7-8,13-16,20H,4-6,9-12H2,1-3H3. The van der Waals surface area contributed by atoms with Crippen LogP contribution in [0.5, 0.6) is 0 Å². The first kappa shape index (κ1) is 17.5. The minimum atomic E-state index is 0.753. The Labute approximate surface area is 143 Å². The molecule has 1 aromatic heterocycles. The van der Waals surface area contributed by atoms with E-state index in [2.05, 4.69) is 54.2 Å². The van der Waals surface area contributed by atoms with E-state index in [0.717, 1.165) is 30.2 Å². The van der Waals surface area contributed by atoms with E-state index >= 15 is 0 Å². The fraction of sp³-hybridized carbons (Fsp3) is 0.778. The van der Waals surface area contributed by atoms with Crippen LogP contribution in [0.15, 0.2) is 15.9 Å². The summed E-state index contributed by atoms with van der Waals surface area (Å²) in [6.07, 6.45) is 6.92. The lowest BCUT2D eigenvalue weighted by Crippen LogP contribution is -2.35. The third-order valence-electron chi connectivity index (χ3n) is 4.88. The highest BCUT2D eigenvalue weighted by Crippen LogP contribution is 2.38. The minimum Gasteiger partial charge on any atom is -0.316 e. The van der Waals surface area contributed by atoms with Gasteiger partial charge in [-0.3, -0.25) is 0 Å². The molecular weight excluding hydrogens is 342 g/mol. The molecule has 120 valence electrons. The molecule has 0 aliphatic heterocycles. The number of hydrogen-bond acceptors (Lipinski definition) is 2. The van der Waals surface area contributed by atoms with Crippen LogP contribution >= 0.6 is 27.3 Å². The van der Waals surface area contributed by atoms with Gasteiger partial charge in [0.05, 0.1) is 3.79 Å². The Morgan fingerprint density at radius 2 is 2.10 bits per heavy atom. The van der Waals surface area contributed by atoms with Crippen LogP contribution in [0, 0.1) is 23.7 Å². The van der Waals surface area contributed by atoms with Crippen molar-refractivity contribution in [2.45, 2.75) is 52.9 Å². The van der Waals surface area contributed by atoms with Crippen LogP contribution in [0.1, 0.15) is 51.3 Å². The quantitative estimate of drug-likeness (QED) is 0.643. The van der Waals surface area contributed by atoms with E-state index in [1.165, 1.54) is 42.4 Å². The molecule has 21 heavy (non-hydrogen) atoms. The summed E-state index contributed by atoms with van der Waals surface area (Å²) in [5, 5.41) is 3.70. The maximum atomic E-state index is 3.70. The van der Waals surface area contributed by atoms with Crippen LogP contribution in [0.4, 0.5) is 0 Å². The summed E-state index contributed by atoms with van der Waals surface area (Å²) in [5.74, 6) is 3.45. The largest absolute Gasteiger partial charge is 0.316 e. The summed E-state index contributed by atoms with van der Waals surface area (Å²) in [6, 6.07) is 4.51. The summed E-state index contributed by atoms with van der Waals surface area (Å²) in [7, 11) is 0. The van der Waals surface area contributed by atoms with E-state index in [0.29, 0.717) is 0 Å². The second-order valence-corrected chi connectivity index (χ2v) is 9.62. The summed E-state index contributed by atoms with van der Waals surface area (Å²) in [4.78, 5) is 1.55. The topological polar surface area (TPSA) is 12.0 Å². The monoisotopic (exact) mass is 371 g/mol. The maximum absolute atomic E-state index is 3.70. The first-order chi connectivity index (χ1) is 10.1. The number of rotatable bonds is 7. The average molecular weight is 372 g/mol. The van der Waals surface area contributed by atoms with Gasteiger partial charge in [0.2, 0.25) is 0 Å². The van der Waals surface area contributed by atoms with Gasteiger partial charge in [-0.15, -0.1) is 11.3 Å². The number of nitrogens with one attached hydrogen (secondary N) is 1. The van der Waals surface area contributed by atoms with Gasteiger partial charge in [0.25, 0.3) is 0 Å². The molecule has 0 amide bonds. The highest BCUT2D eigenvalue weighted by molar-refractivity contribution is 9.11. The molecule has 1 saturated carbocycles. The van der Waals surface area contributed by atoms with Gasteiger partial charge in [-0.2, -0.15) is 0 Å². The molecule has 2 rings (SSSR count). The van der Waals surface area contributed by atoms with Crippen LogP contribution in [0.3, 0.4) is 0 Å². The van der Waals surface area contributed by atoms with Gasteiger partial charge in [0.15, 0.2) is 0 Å². The first-order valence-corrected chi connectivity index (χ1v) is 10.1. The number of hydrogen-bond donors (Lipinski definition) is 1. The van der Waals surface area contributed by atoms with Crippen LogP contribution in [-0.2, 0) is 6.42 Å². The zero-order valence-corrected chi connectivity index (χ0v) is 16.1. The molecule has 1 fully saturated rings. The Balaban J connectivity index is 1.92. The molecule has 3 heteroatoms. The van der Waals surface area contributed by atoms with Gasteiger partial charge >= 0.3 is 0 Å². The molecule has 0 saturated heterocycles. The van der Waals surface area contributed by atoms with Crippen LogP contribution in [0.2, 0.25) is 0 Å². The fourth-order valence-electron chi connectivity index (χ4n) is 3.59. The zero-order chi connectivity index (χ0) is 15.2. The van der Waals surface area contributed by atoms with E-state index in [4.69, 9.17) is 0 Å². The Kier molecular flexibility index (Phi) is 7.24. The van der Waals surface area contributed by atoms with E-state index in [1.807, 2.05) is 11.3 Å². The van der Waals surface area contributed by atoms with Crippen molar-refractivity contribution < 1.29 is 0 Å². The van der Waals surface area contributed by atoms with Gasteiger partial charge in [-0.05, 0) is 84.1 Å². The van der Waals surface area contributed by atoms with Crippen LogP contribution < -0.4 is 5.32 Å². The van der Waals surface area contributed by atoms with Crippen molar-refractivity contribution in [2.75, 3.05) is 13.1 Å². The highest BCUT2D eigenvalue weighted by atomic mass is 79.9. The lowest BCUT2D eigenvalue weighted by Gasteiger charge is -2.36. The van der Waals surface area contributed by atoms with E-state index in [-0.39, 0.29) is 0 Å². The molecule has 1 aliphatic carbocycles. The molecule has 3 unspecified atom stereocenters. The molecule has 3 atom stereocenters. The van der Waals surface area contributed by atoms with Gasteiger partial charge < -0.3 is 5.32 Å². The molecule has 0 aromatic carbocycles. The van der Waals surface area contributed by atoms with Gasteiger partial charge in [0.1, 0.15) is 0 Å². The molecular formula is C18H30BrNS. The highest BCUT2D eigenvalue weighted by Gasteiger charge is 2.29. The molecule has 1 aromatic rings. The SMILES string of the molecule is CCC1CCC(CNCC(C)C)C(Cc2ccc(Br)s2)C1. The van der Waals surface area contributed by atoms with Crippen molar-refractivity contribution >= 4 is 27.3 Å². The third kappa shape index (κ3) is 5.69. The molecule has 0 spiro atoms. The van der Waals surface area contributed by atoms with Crippen LogP contribution in [0.25, 0.3) is 0 Å². The van der Waals surface area contributed by atoms with Crippen molar-refractivity contribution in [3.8, 4) is 0 Å². The van der Waals surface area contributed by atoms with E-state index in [1.54, 1.807) is 4.88 Å². The number of thiophene rings is 1.